The van der Waals surface area contributed by atoms with Crippen molar-refractivity contribution < 1.29 is 33.4 Å². The summed E-state index contributed by atoms with van der Waals surface area (Å²) in [6.07, 6.45) is -0.191. The van der Waals surface area contributed by atoms with E-state index in [1.165, 1.54) is 14.2 Å². The zero-order valence-corrected chi connectivity index (χ0v) is 19.7. The van der Waals surface area contributed by atoms with Crippen LogP contribution in [-0.2, 0) is 19.1 Å². The van der Waals surface area contributed by atoms with E-state index >= 15 is 0 Å². The summed E-state index contributed by atoms with van der Waals surface area (Å²) >= 11 is 11.9. The fourth-order valence-corrected chi connectivity index (χ4v) is 3.62. The Balaban J connectivity index is 1.56. The molecule has 3 amide bonds. The lowest BCUT2D eigenvalue weighted by Crippen LogP contribution is -2.43. The minimum absolute atomic E-state index is 0.0997. The number of carbonyl (C=O) groups excluding carboxylic acids is 4. The number of hydrazine groups is 1. The minimum atomic E-state index is -0.866. The van der Waals surface area contributed by atoms with Crippen LogP contribution in [0.15, 0.2) is 36.4 Å². The van der Waals surface area contributed by atoms with E-state index in [2.05, 4.69) is 10.7 Å². The molecule has 1 atom stereocenters. The number of nitrogens with zero attached hydrogens (tertiary/aromatic N) is 1. The molecular weight excluding hydrogens is 489 g/mol. The number of methoxy groups -OCH3 is 2. The number of nitrogens with one attached hydrogen (secondary N) is 2. The lowest BCUT2D eigenvalue weighted by molar-refractivity contribution is -0.151. The maximum Gasteiger partial charge on any atom is 0.311 e. The molecule has 0 aliphatic carbocycles. The zero-order valence-electron chi connectivity index (χ0n) is 18.2. The highest BCUT2D eigenvalue weighted by atomic mass is 35.5. The summed E-state index contributed by atoms with van der Waals surface area (Å²) in [5.74, 6) is -2.87. The van der Waals surface area contributed by atoms with Gasteiger partial charge in [0.25, 0.3) is 11.8 Å². The molecule has 1 aliphatic rings. The van der Waals surface area contributed by atoms with Crippen LogP contribution in [0.5, 0.6) is 11.5 Å². The lowest BCUT2D eigenvalue weighted by atomic mass is 10.1. The number of hydrogen-bond acceptors (Lipinski definition) is 7. The van der Waals surface area contributed by atoms with Crippen LogP contribution in [-0.4, -0.2) is 56.1 Å². The fraction of sp³-hybridized carbons (Fsp3) is 0.273. The number of anilines is 1. The second kappa shape index (κ2) is 11.1. The number of hydrogen-bond donors (Lipinski definition) is 2. The Bertz CT molecular complexity index is 1100. The fourth-order valence-electron chi connectivity index (χ4n) is 3.27. The van der Waals surface area contributed by atoms with E-state index in [0.29, 0.717) is 0 Å². The number of rotatable bonds is 8. The molecule has 2 N–H and O–H groups in total. The summed E-state index contributed by atoms with van der Waals surface area (Å²) in [5.41, 5.74) is 2.83. The molecule has 1 saturated heterocycles. The summed E-state index contributed by atoms with van der Waals surface area (Å²) < 4.78 is 15.4. The first kappa shape index (κ1) is 25.1. The van der Waals surface area contributed by atoms with E-state index in [-0.39, 0.29) is 45.8 Å². The van der Waals surface area contributed by atoms with E-state index in [4.69, 9.17) is 37.4 Å². The van der Waals surface area contributed by atoms with Gasteiger partial charge in [-0.3, -0.25) is 29.6 Å². The van der Waals surface area contributed by atoms with Gasteiger partial charge in [0.05, 0.1) is 42.4 Å². The zero-order chi connectivity index (χ0) is 24.8. The maximum absolute atomic E-state index is 12.8. The molecule has 1 aliphatic heterocycles. The third-order valence-electron chi connectivity index (χ3n) is 4.92. The molecule has 0 bridgehead atoms. The number of ether oxygens (including phenoxy) is 3. The second-order valence-corrected chi connectivity index (χ2v) is 7.93. The highest BCUT2D eigenvalue weighted by molar-refractivity contribution is 6.44. The SMILES string of the molecule is COc1cccc(OC)c1C(=O)NN1C[C@H](C(=O)OCC(=O)Nc2cccc(Cl)c2Cl)CC1=O. The highest BCUT2D eigenvalue weighted by Gasteiger charge is 2.37. The average molecular weight is 510 g/mol. The predicted molar refractivity (Wildman–Crippen MR) is 123 cm³/mol. The quantitative estimate of drug-likeness (QED) is 0.524. The van der Waals surface area contributed by atoms with Crippen molar-refractivity contribution >= 4 is 52.6 Å². The van der Waals surface area contributed by atoms with Gasteiger partial charge in [-0.1, -0.05) is 35.3 Å². The van der Waals surface area contributed by atoms with Gasteiger partial charge in [0.1, 0.15) is 17.1 Å². The normalized spacial score (nSPS) is 15.0. The van der Waals surface area contributed by atoms with Gasteiger partial charge < -0.3 is 19.5 Å². The Morgan fingerprint density at radius 2 is 1.71 bits per heavy atom. The number of benzene rings is 2. The van der Waals surface area contributed by atoms with Gasteiger partial charge in [0.2, 0.25) is 5.91 Å². The molecule has 0 saturated carbocycles. The molecule has 0 spiro atoms. The Labute approximate surface area is 205 Å². The number of halogens is 2. The summed E-state index contributed by atoms with van der Waals surface area (Å²) in [4.78, 5) is 49.6. The first-order valence-electron chi connectivity index (χ1n) is 9.98. The lowest BCUT2D eigenvalue weighted by Gasteiger charge is -2.19. The van der Waals surface area contributed by atoms with Crippen molar-refractivity contribution in [2.45, 2.75) is 6.42 Å². The largest absolute Gasteiger partial charge is 0.496 e. The van der Waals surface area contributed by atoms with Crippen LogP contribution in [0.4, 0.5) is 5.69 Å². The molecule has 1 heterocycles. The molecule has 1 fully saturated rings. The highest BCUT2D eigenvalue weighted by Crippen LogP contribution is 2.30. The molecule has 2 aromatic rings. The molecule has 0 radical (unpaired) electrons. The third kappa shape index (κ3) is 5.70. The molecule has 180 valence electrons. The molecule has 0 aromatic heterocycles. The van der Waals surface area contributed by atoms with E-state index in [1.54, 1.807) is 36.4 Å². The van der Waals surface area contributed by atoms with E-state index in [0.717, 1.165) is 5.01 Å². The summed E-state index contributed by atoms with van der Waals surface area (Å²) in [7, 11) is 2.80. The number of amides is 3. The smallest absolute Gasteiger partial charge is 0.311 e. The molecule has 12 heteroatoms. The minimum Gasteiger partial charge on any atom is -0.496 e. The molecule has 34 heavy (non-hydrogen) atoms. The van der Waals surface area contributed by atoms with Crippen molar-refractivity contribution in [1.29, 1.82) is 0 Å². The van der Waals surface area contributed by atoms with Crippen molar-refractivity contribution in [1.82, 2.24) is 10.4 Å². The first-order valence-corrected chi connectivity index (χ1v) is 10.7. The topological polar surface area (TPSA) is 123 Å². The van der Waals surface area contributed by atoms with Crippen molar-refractivity contribution in [3.05, 3.63) is 52.0 Å². The van der Waals surface area contributed by atoms with Crippen LogP contribution < -0.4 is 20.2 Å². The summed E-state index contributed by atoms with van der Waals surface area (Å²) in [6, 6.07) is 9.50. The number of carbonyl (C=O) groups is 4. The standard InChI is InChI=1S/C22H21Cl2N3O7/c1-32-15-7-4-8-16(33-2)19(15)21(30)26-27-10-12(9-18(27)29)22(31)34-11-17(28)25-14-6-3-5-13(23)20(14)24/h3-8,12H,9-11H2,1-2H3,(H,25,28)(H,26,30)/t12-/m1/s1. The van der Waals surface area contributed by atoms with Crippen molar-refractivity contribution in [2.24, 2.45) is 5.92 Å². The molecule has 10 nitrogen and oxygen atoms in total. The van der Waals surface area contributed by atoms with E-state index in [9.17, 15) is 19.2 Å². The van der Waals surface area contributed by atoms with Crippen LogP contribution in [0.1, 0.15) is 16.8 Å². The number of esters is 1. The van der Waals surface area contributed by atoms with Gasteiger partial charge in [0, 0.05) is 6.42 Å². The van der Waals surface area contributed by atoms with Crippen LogP contribution >= 0.6 is 23.2 Å². The van der Waals surface area contributed by atoms with E-state index < -0.39 is 36.2 Å². The average Bonchev–Trinajstić information content (AvgIpc) is 3.19. The van der Waals surface area contributed by atoms with Gasteiger partial charge in [-0.05, 0) is 24.3 Å². The van der Waals surface area contributed by atoms with Gasteiger partial charge in [-0.2, -0.15) is 0 Å². The van der Waals surface area contributed by atoms with Crippen LogP contribution in [0.3, 0.4) is 0 Å². The van der Waals surface area contributed by atoms with Crippen molar-refractivity contribution in [3.63, 3.8) is 0 Å². The summed E-state index contributed by atoms with van der Waals surface area (Å²) in [5, 5.41) is 3.92. The Hall–Kier alpha value is -3.50. The van der Waals surface area contributed by atoms with Crippen LogP contribution in [0.2, 0.25) is 10.0 Å². The van der Waals surface area contributed by atoms with Gasteiger partial charge >= 0.3 is 5.97 Å². The molecular formula is C22H21Cl2N3O7. The Kier molecular flexibility index (Phi) is 8.19. The van der Waals surface area contributed by atoms with Crippen molar-refractivity contribution in [3.8, 4) is 11.5 Å². The molecule has 2 aromatic carbocycles. The third-order valence-corrected chi connectivity index (χ3v) is 5.74. The molecule has 3 rings (SSSR count). The van der Waals surface area contributed by atoms with E-state index in [1.807, 2.05) is 0 Å². The van der Waals surface area contributed by atoms with Gasteiger partial charge in [0.15, 0.2) is 6.61 Å². The molecule has 0 unspecified atom stereocenters. The predicted octanol–water partition coefficient (Wildman–Crippen LogP) is 2.69. The monoisotopic (exact) mass is 509 g/mol. The van der Waals surface area contributed by atoms with Gasteiger partial charge in [-0.15, -0.1) is 0 Å². The Morgan fingerprint density at radius 1 is 1.06 bits per heavy atom. The van der Waals surface area contributed by atoms with Crippen LogP contribution in [0.25, 0.3) is 0 Å². The second-order valence-electron chi connectivity index (χ2n) is 7.14. The van der Waals surface area contributed by atoms with Crippen LogP contribution in [0, 0.1) is 5.92 Å². The first-order chi connectivity index (χ1) is 16.2. The maximum atomic E-state index is 12.8. The Morgan fingerprint density at radius 3 is 2.35 bits per heavy atom. The van der Waals surface area contributed by atoms with Gasteiger partial charge in [-0.25, -0.2) is 0 Å². The summed E-state index contributed by atoms with van der Waals surface area (Å²) in [6.45, 7) is -0.709. The van der Waals surface area contributed by atoms with Crippen molar-refractivity contribution in [2.75, 3.05) is 32.7 Å².